The molecule has 1 amide bonds. The van der Waals surface area contributed by atoms with Crippen LogP contribution in [0.5, 0.6) is 0 Å². The minimum Gasteiger partial charge on any atom is -0.383 e. The number of anilines is 1. The number of carbonyl (C=O) groups excluding carboxylic acids is 1. The molecule has 1 aromatic carbocycles. The molecule has 1 unspecified atom stereocenters. The van der Waals surface area contributed by atoms with Gasteiger partial charge in [0.05, 0.1) is 6.04 Å². The van der Waals surface area contributed by atoms with E-state index in [1.54, 1.807) is 4.68 Å². The van der Waals surface area contributed by atoms with Crippen molar-refractivity contribution in [1.29, 1.82) is 0 Å². The average Bonchev–Trinajstić information content (AvgIpc) is 2.87. The highest BCUT2D eigenvalue weighted by Crippen LogP contribution is 2.29. The van der Waals surface area contributed by atoms with Gasteiger partial charge >= 0.3 is 0 Å². The number of primary amides is 1. The maximum atomic E-state index is 11.8. The number of hydrogen-bond acceptors (Lipinski definition) is 4. The molecule has 0 aliphatic rings. The Hall–Kier alpha value is -2.34. The molecule has 0 saturated heterocycles. The lowest BCUT2D eigenvalue weighted by Crippen LogP contribution is -2.22. The molecular weight excluding hydrogens is 278 g/mol. The zero-order chi connectivity index (χ0) is 16.1. The standard InChI is InChI=1S/C16H23N5O/c1-2-3-9-12(10-17)21-15(18)13(16(19)22)14(20-21)11-7-5-4-6-8-11/h4-8,12H,2-3,9-10,17-18H2,1H3,(H2,19,22). The van der Waals surface area contributed by atoms with Gasteiger partial charge in [0.2, 0.25) is 0 Å². The smallest absolute Gasteiger partial charge is 0.254 e. The number of nitrogens with two attached hydrogens (primary N) is 3. The first-order valence-corrected chi connectivity index (χ1v) is 7.53. The predicted octanol–water partition coefficient (Wildman–Crippen LogP) is 1.92. The van der Waals surface area contributed by atoms with Crippen molar-refractivity contribution in [2.45, 2.75) is 32.2 Å². The number of nitrogens with zero attached hydrogens (tertiary/aromatic N) is 2. The number of rotatable bonds is 7. The second-order valence-corrected chi connectivity index (χ2v) is 5.32. The van der Waals surface area contributed by atoms with Crippen LogP contribution in [0.3, 0.4) is 0 Å². The van der Waals surface area contributed by atoms with E-state index in [0.717, 1.165) is 24.8 Å². The van der Waals surface area contributed by atoms with Crippen molar-refractivity contribution in [3.8, 4) is 11.3 Å². The van der Waals surface area contributed by atoms with Gasteiger partial charge in [-0.15, -0.1) is 0 Å². The Kier molecular flexibility index (Phi) is 5.16. The van der Waals surface area contributed by atoms with Gasteiger partial charge in [-0.3, -0.25) is 4.79 Å². The lowest BCUT2D eigenvalue weighted by Gasteiger charge is -2.16. The highest BCUT2D eigenvalue weighted by atomic mass is 16.1. The van der Waals surface area contributed by atoms with Gasteiger partial charge in [-0.25, -0.2) is 4.68 Å². The lowest BCUT2D eigenvalue weighted by atomic mass is 10.1. The summed E-state index contributed by atoms with van der Waals surface area (Å²) in [5.74, 6) is -0.285. The molecule has 118 valence electrons. The zero-order valence-corrected chi connectivity index (χ0v) is 12.8. The number of aromatic nitrogens is 2. The molecule has 22 heavy (non-hydrogen) atoms. The van der Waals surface area contributed by atoms with Crippen LogP contribution in [0, 0.1) is 0 Å². The SMILES string of the molecule is CCCCC(CN)n1nc(-c2ccccc2)c(C(N)=O)c1N. The van der Waals surface area contributed by atoms with Gasteiger partial charge in [-0.05, 0) is 6.42 Å². The Morgan fingerprint density at radius 3 is 2.55 bits per heavy atom. The van der Waals surface area contributed by atoms with E-state index in [0.29, 0.717) is 12.2 Å². The number of unbranched alkanes of at least 4 members (excludes halogenated alkanes) is 1. The first kappa shape index (κ1) is 16.0. The Morgan fingerprint density at radius 1 is 1.32 bits per heavy atom. The molecule has 0 radical (unpaired) electrons. The van der Waals surface area contributed by atoms with Crippen molar-refractivity contribution >= 4 is 11.7 Å². The minimum absolute atomic E-state index is 0.0319. The van der Waals surface area contributed by atoms with Crippen LogP contribution in [-0.4, -0.2) is 22.2 Å². The molecule has 2 rings (SSSR count). The topological polar surface area (TPSA) is 113 Å². The number of benzene rings is 1. The molecule has 6 N–H and O–H groups in total. The average molecular weight is 301 g/mol. The molecule has 1 atom stereocenters. The maximum Gasteiger partial charge on any atom is 0.254 e. The molecule has 6 heteroatoms. The van der Waals surface area contributed by atoms with E-state index in [1.807, 2.05) is 30.3 Å². The van der Waals surface area contributed by atoms with Crippen molar-refractivity contribution in [3.05, 3.63) is 35.9 Å². The summed E-state index contributed by atoms with van der Waals surface area (Å²) in [5.41, 5.74) is 19.1. The summed E-state index contributed by atoms with van der Waals surface area (Å²) < 4.78 is 1.65. The summed E-state index contributed by atoms with van der Waals surface area (Å²) in [7, 11) is 0. The van der Waals surface area contributed by atoms with Gasteiger partial charge in [0, 0.05) is 12.1 Å². The van der Waals surface area contributed by atoms with Gasteiger partial charge in [0.15, 0.2) is 0 Å². The summed E-state index contributed by atoms with van der Waals surface area (Å²) in [5, 5.41) is 4.54. The lowest BCUT2D eigenvalue weighted by molar-refractivity contribution is 0.100. The fraction of sp³-hybridized carbons (Fsp3) is 0.375. The van der Waals surface area contributed by atoms with Crippen LogP contribution in [0.15, 0.2) is 30.3 Å². The van der Waals surface area contributed by atoms with Crippen LogP contribution in [0.1, 0.15) is 42.6 Å². The van der Waals surface area contributed by atoms with Crippen molar-refractivity contribution < 1.29 is 4.79 Å². The van der Waals surface area contributed by atoms with Crippen LogP contribution in [0.2, 0.25) is 0 Å². The molecule has 0 spiro atoms. The molecule has 0 saturated carbocycles. The van der Waals surface area contributed by atoms with Gasteiger partial charge in [0.25, 0.3) is 5.91 Å². The number of carbonyl (C=O) groups is 1. The second-order valence-electron chi connectivity index (χ2n) is 5.32. The van der Waals surface area contributed by atoms with E-state index in [-0.39, 0.29) is 17.4 Å². The third-order valence-corrected chi connectivity index (χ3v) is 3.75. The molecule has 0 aliphatic carbocycles. The van der Waals surface area contributed by atoms with Crippen LogP contribution in [0.25, 0.3) is 11.3 Å². The van der Waals surface area contributed by atoms with Crippen LogP contribution < -0.4 is 17.2 Å². The fourth-order valence-electron chi connectivity index (χ4n) is 2.55. The monoisotopic (exact) mass is 301 g/mol. The third kappa shape index (κ3) is 3.12. The first-order chi connectivity index (χ1) is 10.6. The molecule has 1 aromatic heterocycles. The van der Waals surface area contributed by atoms with Crippen LogP contribution >= 0.6 is 0 Å². The normalized spacial score (nSPS) is 12.3. The summed E-state index contributed by atoms with van der Waals surface area (Å²) >= 11 is 0. The van der Waals surface area contributed by atoms with Gasteiger partial charge in [-0.2, -0.15) is 5.10 Å². The van der Waals surface area contributed by atoms with Gasteiger partial charge in [0.1, 0.15) is 17.1 Å². The number of amides is 1. The summed E-state index contributed by atoms with van der Waals surface area (Å²) in [6, 6.07) is 9.39. The zero-order valence-electron chi connectivity index (χ0n) is 12.8. The van der Waals surface area contributed by atoms with E-state index >= 15 is 0 Å². The second kappa shape index (κ2) is 7.09. The Balaban J connectivity index is 2.51. The van der Waals surface area contributed by atoms with Crippen molar-refractivity contribution in [3.63, 3.8) is 0 Å². The van der Waals surface area contributed by atoms with E-state index in [4.69, 9.17) is 17.2 Å². The van der Waals surface area contributed by atoms with Crippen molar-refractivity contribution in [2.24, 2.45) is 11.5 Å². The van der Waals surface area contributed by atoms with E-state index in [1.165, 1.54) is 0 Å². The Bertz CT molecular complexity index is 635. The molecule has 0 aliphatic heterocycles. The highest BCUT2D eigenvalue weighted by molar-refractivity contribution is 6.03. The molecule has 6 nitrogen and oxygen atoms in total. The maximum absolute atomic E-state index is 11.8. The quantitative estimate of drug-likeness (QED) is 0.725. The summed E-state index contributed by atoms with van der Waals surface area (Å²) in [6.07, 6.45) is 2.95. The molecule has 2 aromatic rings. The van der Waals surface area contributed by atoms with E-state index in [9.17, 15) is 4.79 Å². The van der Waals surface area contributed by atoms with Crippen molar-refractivity contribution in [1.82, 2.24) is 9.78 Å². The molecule has 0 fully saturated rings. The first-order valence-electron chi connectivity index (χ1n) is 7.53. The van der Waals surface area contributed by atoms with Crippen LogP contribution in [-0.2, 0) is 0 Å². The Morgan fingerprint density at radius 2 is 2.00 bits per heavy atom. The van der Waals surface area contributed by atoms with E-state index in [2.05, 4.69) is 12.0 Å². The summed E-state index contributed by atoms with van der Waals surface area (Å²) in [6.45, 7) is 2.53. The highest BCUT2D eigenvalue weighted by Gasteiger charge is 2.24. The number of nitrogen functional groups attached to an aromatic ring is 1. The predicted molar refractivity (Wildman–Crippen MR) is 88.2 cm³/mol. The number of hydrogen-bond donors (Lipinski definition) is 3. The molecule has 0 bridgehead atoms. The molecule has 1 heterocycles. The van der Waals surface area contributed by atoms with Crippen LogP contribution in [0.4, 0.5) is 5.82 Å². The Labute approximate surface area is 130 Å². The van der Waals surface area contributed by atoms with Gasteiger partial charge in [-0.1, -0.05) is 50.1 Å². The fourth-order valence-corrected chi connectivity index (χ4v) is 2.55. The van der Waals surface area contributed by atoms with Gasteiger partial charge < -0.3 is 17.2 Å². The minimum atomic E-state index is -0.575. The third-order valence-electron chi connectivity index (χ3n) is 3.75. The molecular formula is C16H23N5O. The van der Waals surface area contributed by atoms with E-state index < -0.39 is 5.91 Å². The largest absolute Gasteiger partial charge is 0.383 e. The summed E-state index contributed by atoms with van der Waals surface area (Å²) in [4.78, 5) is 11.8. The van der Waals surface area contributed by atoms with Crippen molar-refractivity contribution in [2.75, 3.05) is 12.3 Å².